The Morgan fingerprint density at radius 1 is 1.00 bits per heavy atom. The molecule has 2 fully saturated rings. The number of ether oxygens (including phenoxy) is 3. The van der Waals surface area contributed by atoms with E-state index in [0.29, 0.717) is 0 Å². The van der Waals surface area contributed by atoms with Gasteiger partial charge in [0.1, 0.15) is 30.5 Å². The predicted octanol–water partition coefficient (Wildman–Crippen LogP) is -5.01. The third-order valence-electron chi connectivity index (χ3n) is 4.22. The summed E-state index contributed by atoms with van der Waals surface area (Å²) in [6.45, 7) is -1.89. The van der Waals surface area contributed by atoms with Crippen molar-refractivity contribution in [2.24, 2.45) is 0 Å². The van der Waals surface area contributed by atoms with E-state index in [2.05, 4.69) is 0 Å². The van der Waals surface area contributed by atoms with E-state index in [9.17, 15) is 30.6 Å². The van der Waals surface area contributed by atoms with Crippen molar-refractivity contribution >= 4 is 0 Å². The summed E-state index contributed by atoms with van der Waals surface area (Å²) < 4.78 is 15.5. The van der Waals surface area contributed by atoms with Crippen LogP contribution in [0, 0.1) is 0 Å². The lowest BCUT2D eigenvalue weighted by atomic mass is 9.95. The van der Waals surface area contributed by atoms with Gasteiger partial charge < -0.3 is 55.1 Å². The number of rotatable bonds is 5. The van der Waals surface area contributed by atoms with Crippen LogP contribution in [0.15, 0.2) is 0 Å². The van der Waals surface area contributed by atoms with Crippen molar-refractivity contribution in [1.82, 2.24) is 0 Å². The average Bonchev–Trinajstić information content (AvgIpc) is 2.57. The van der Waals surface area contributed by atoms with Gasteiger partial charge in [-0.25, -0.2) is 0 Å². The minimum Gasteiger partial charge on any atom is -0.394 e. The van der Waals surface area contributed by atoms with Gasteiger partial charge in [0.2, 0.25) is 5.79 Å². The van der Waals surface area contributed by atoms with E-state index < -0.39 is 68.0 Å². The van der Waals surface area contributed by atoms with E-state index in [1.54, 1.807) is 0 Å². The number of hydrogen-bond acceptors (Lipinski definition) is 11. The summed E-state index contributed by atoms with van der Waals surface area (Å²) in [5.74, 6) is -2.36. The van der Waals surface area contributed by atoms with Gasteiger partial charge in [-0.15, -0.1) is 0 Å². The maximum Gasteiger partial charge on any atom is 0.218 e. The molecule has 2 rings (SSSR count). The highest BCUT2D eigenvalue weighted by molar-refractivity contribution is 4.91. The second-order valence-electron chi connectivity index (χ2n) is 6.02. The Kier molecular flexibility index (Phi) is 6.50. The summed E-state index contributed by atoms with van der Waals surface area (Å²) in [7, 11) is 0. The number of hydrogen-bond donors (Lipinski definition) is 8. The maximum atomic E-state index is 9.91. The topological polar surface area (TPSA) is 190 Å². The monoisotopic (exact) mass is 356 g/mol. The Bertz CT molecular complexity index is 407. The van der Waals surface area contributed by atoms with E-state index >= 15 is 0 Å². The SMILES string of the molecule is OC[C@H]1O[C@H](OC[C@@H]2C[C@@H](O)[C@@H](O)C(O)(CO)O2)[C@H](O)[C@@H](O)[C@H]1O. The summed E-state index contributed by atoms with van der Waals surface area (Å²) in [6, 6.07) is 0. The van der Waals surface area contributed by atoms with Crippen LogP contribution in [0.3, 0.4) is 0 Å². The van der Waals surface area contributed by atoms with Gasteiger partial charge in [-0.2, -0.15) is 0 Å². The largest absolute Gasteiger partial charge is 0.394 e. The predicted molar refractivity (Wildman–Crippen MR) is 73.3 cm³/mol. The van der Waals surface area contributed by atoms with Crippen molar-refractivity contribution in [2.45, 2.75) is 61.2 Å². The van der Waals surface area contributed by atoms with Crippen molar-refractivity contribution < 1.29 is 55.1 Å². The molecule has 24 heavy (non-hydrogen) atoms. The van der Waals surface area contributed by atoms with Crippen LogP contribution >= 0.6 is 0 Å². The maximum absolute atomic E-state index is 9.91. The zero-order valence-electron chi connectivity index (χ0n) is 12.7. The van der Waals surface area contributed by atoms with Crippen molar-refractivity contribution in [3.05, 3.63) is 0 Å². The molecule has 0 aromatic heterocycles. The van der Waals surface area contributed by atoms with Gasteiger partial charge in [-0.05, 0) is 0 Å². The van der Waals surface area contributed by atoms with Crippen LogP contribution < -0.4 is 0 Å². The Hall–Kier alpha value is -0.440. The summed E-state index contributed by atoms with van der Waals surface area (Å²) in [6.07, 6.45) is -11.4. The molecule has 0 saturated carbocycles. The van der Waals surface area contributed by atoms with Crippen molar-refractivity contribution in [2.75, 3.05) is 19.8 Å². The molecule has 0 radical (unpaired) electrons. The van der Waals surface area contributed by atoms with Crippen molar-refractivity contribution in [1.29, 1.82) is 0 Å². The second kappa shape index (κ2) is 7.85. The molecular weight excluding hydrogens is 332 g/mol. The lowest BCUT2D eigenvalue weighted by Gasteiger charge is -2.43. The molecule has 11 heteroatoms. The number of aliphatic hydroxyl groups is 8. The quantitative estimate of drug-likeness (QED) is 0.235. The highest BCUT2D eigenvalue weighted by Crippen LogP contribution is 2.29. The highest BCUT2D eigenvalue weighted by Gasteiger charge is 2.49. The van der Waals surface area contributed by atoms with Gasteiger partial charge in [0, 0.05) is 6.42 Å². The molecule has 0 bridgehead atoms. The molecule has 0 aliphatic carbocycles. The van der Waals surface area contributed by atoms with E-state index in [-0.39, 0.29) is 13.0 Å². The van der Waals surface area contributed by atoms with Gasteiger partial charge >= 0.3 is 0 Å². The molecule has 11 nitrogen and oxygen atoms in total. The highest BCUT2D eigenvalue weighted by atomic mass is 16.7. The molecular formula is C13H24O11. The van der Waals surface area contributed by atoms with Gasteiger partial charge in [0.15, 0.2) is 6.29 Å². The van der Waals surface area contributed by atoms with Gasteiger partial charge in [-0.3, -0.25) is 0 Å². The van der Waals surface area contributed by atoms with Crippen molar-refractivity contribution in [3.63, 3.8) is 0 Å². The fourth-order valence-electron chi connectivity index (χ4n) is 2.75. The molecule has 2 aliphatic rings. The zero-order valence-corrected chi connectivity index (χ0v) is 12.7. The summed E-state index contributed by atoms with van der Waals surface area (Å²) in [5, 5.41) is 76.6. The summed E-state index contributed by atoms with van der Waals surface area (Å²) >= 11 is 0. The van der Waals surface area contributed by atoms with E-state index in [1.807, 2.05) is 0 Å². The molecule has 2 heterocycles. The van der Waals surface area contributed by atoms with E-state index in [1.165, 1.54) is 0 Å². The Balaban J connectivity index is 1.95. The summed E-state index contributed by atoms with van der Waals surface area (Å²) in [4.78, 5) is 0. The molecule has 0 spiro atoms. The Morgan fingerprint density at radius 3 is 2.25 bits per heavy atom. The molecule has 1 unspecified atom stereocenters. The van der Waals surface area contributed by atoms with Crippen LogP contribution in [0.5, 0.6) is 0 Å². The van der Waals surface area contributed by atoms with Crippen LogP contribution in [0.4, 0.5) is 0 Å². The van der Waals surface area contributed by atoms with Crippen LogP contribution in [0.2, 0.25) is 0 Å². The molecule has 142 valence electrons. The van der Waals surface area contributed by atoms with Crippen LogP contribution in [0.25, 0.3) is 0 Å². The molecule has 2 aliphatic heterocycles. The van der Waals surface area contributed by atoms with Crippen LogP contribution in [-0.2, 0) is 14.2 Å². The zero-order chi connectivity index (χ0) is 18.1. The van der Waals surface area contributed by atoms with Gasteiger partial charge in [0.25, 0.3) is 0 Å². The first-order valence-corrected chi connectivity index (χ1v) is 7.52. The second-order valence-corrected chi connectivity index (χ2v) is 6.02. The molecule has 2 saturated heterocycles. The third kappa shape index (κ3) is 3.86. The fourth-order valence-corrected chi connectivity index (χ4v) is 2.75. The minimum atomic E-state index is -2.36. The van der Waals surface area contributed by atoms with E-state index in [0.717, 1.165) is 0 Å². The first-order valence-electron chi connectivity index (χ1n) is 7.52. The molecule has 8 N–H and O–H groups in total. The minimum absolute atomic E-state index is 0.124. The Labute approximate surface area is 137 Å². The molecule has 0 aromatic rings. The van der Waals surface area contributed by atoms with Gasteiger partial charge in [-0.1, -0.05) is 0 Å². The van der Waals surface area contributed by atoms with E-state index in [4.69, 9.17) is 24.4 Å². The fraction of sp³-hybridized carbons (Fsp3) is 1.00. The van der Waals surface area contributed by atoms with Crippen LogP contribution in [-0.4, -0.2) is 115 Å². The molecule has 9 atom stereocenters. The summed E-state index contributed by atoms with van der Waals surface area (Å²) in [5.41, 5.74) is 0. The molecule has 0 amide bonds. The number of aliphatic hydroxyl groups excluding tert-OH is 7. The Morgan fingerprint density at radius 2 is 1.67 bits per heavy atom. The average molecular weight is 356 g/mol. The standard InChI is InChI=1S/C13H24O11/c14-2-7-8(17)9(18)10(19)12(23-7)22-3-5-1-6(16)11(20)13(21,4-15)24-5/h5-12,14-21H,1-4H2/t5-,6+,7+,8-,9-,10+,11+,12-,13?/m0/s1. The smallest absolute Gasteiger partial charge is 0.218 e. The normalized spacial score (nSPS) is 50.0. The lowest BCUT2D eigenvalue weighted by Crippen LogP contribution is -2.62. The molecule has 0 aromatic carbocycles. The first-order chi connectivity index (χ1) is 11.2. The van der Waals surface area contributed by atoms with Crippen molar-refractivity contribution in [3.8, 4) is 0 Å². The first kappa shape index (κ1) is 19.9. The van der Waals surface area contributed by atoms with Crippen LogP contribution in [0.1, 0.15) is 6.42 Å². The third-order valence-corrected chi connectivity index (χ3v) is 4.22. The lowest BCUT2D eigenvalue weighted by molar-refractivity contribution is -0.350. The van der Waals surface area contributed by atoms with Gasteiger partial charge in [0.05, 0.1) is 32.0 Å².